The monoisotopic (exact) mass is 355 g/mol. The molecule has 0 unspecified atom stereocenters. The van der Waals surface area contributed by atoms with Crippen LogP contribution in [0.1, 0.15) is 21.5 Å². The second-order valence-corrected chi connectivity index (χ2v) is 6.56. The highest BCUT2D eigenvalue weighted by Gasteiger charge is 2.16. The van der Waals surface area contributed by atoms with Gasteiger partial charge in [0.05, 0.1) is 6.54 Å². The fraction of sp³-hybridized carbons (Fsp3) is 0.125. The van der Waals surface area contributed by atoms with Crippen LogP contribution in [0.2, 0.25) is 0 Å². The Morgan fingerprint density at radius 3 is 2.41 bits per heavy atom. The van der Waals surface area contributed by atoms with Crippen LogP contribution in [-0.2, 0) is 6.54 Å². The molecule has 0 radical (unpaired) electrons. The molecule has 4 rings (SSSR count). The van der Waals surface area contributed by atoms with E-state index in [-0.39, 0.29) is 5.78 Å². The van der Waals surface area contributed by atoms with Crippen molar-refractivity contribution in [3.05, 3.63) is 102 Å². The summed E-state index contributed by atoms with van der Waals surface area (Å²) >= 11 is 0. The first-order chi connectivity index (χ1) is 13.2. The van der Waals surface area contributed by atoms with Gasteiger partial charge in [0.15, 0.2) is 5.78 Å². The third kappa shape index (κ3) is 3.49. The third-order valence-corrected chi connectivity index (χ3v) is 4.75. The number of aryl methyl sites for hydroxylation is 1. The molecule has 0 fully saturated rings. The minimum Gasteiger partial charge on any atom is -0.491 e. The number of ether oxygens (including phenoxy) is 1. The summed E-state index contributed by atoms with van der Waals surface area (Å²) in [4.78, 5) is 13.0. The molecule has 0 aliphatic heterocycles. The number of ketones is 1. The average molecular weight is 355 g/mol. The van der Waals surface area contributed by atoms with Crippen molar-refractivity contribution in [1.82, 2.24) is 4.57 Å². The van der Waals surface area contributed by atoms with Crippen molar-refractivity contribution in [1.29, 1.82) is 0 Å². The Bertz CT molecular complexity index is 1080. The minimum atomic E-state index is 0.0466. The first kappa shape index (κ1) is 17.1. The zero-order chi connectivity index (χ0) is 18.6. The number of hydrogen-bond donors (Lipinski definition) is 0. The van der Waals surface area contributed by atoms with Gasteiger partial charge in [-0.15, -0.1) is 0 Å². The number of para-hydroxylation sites is 2. The maximum absolute atomic E-state index is 13.0. The number of carbonyl (C=O) groups is 1. The fourth-order valence-corrected chi connectivity index (χ4v) is 3.33. The van der Waals surface area contributed by atoms with Crippen LogP contribution in [0.5, 0.6) is 5.75 Å². The van der Waals surface area contributed by atoms with Crippen molar-refractivity contribution < 1.29 is 9.53 Å². The smallest absolute Gasteiger partial charge is 0.195 e. The van der Waals surface area contributed by atoms with Gasteiger partial charge in [-0.05, 0) is 24.6 Å². The summed E-state index contributed by atoms with van der Waals surface area (Å²) in [6.45, 7) is 3.26. The average Bonchev–Trinajstić information content (AvgIpc) is 3.08. The Morgan fingerprint density at radius 1 is 0.889 bits per heavy atom. The lowest BCUT2D eigenvalue weighted by Crippen LogP contribution is -2.08. The lowest BCUT2D eigenvalue weighted by atomic mass is 10.0. The molecule has 0 amide bonds. The van der Waals surface area contributed by atoms with Crippen molar-refractivity contribution >= 4 is 16.7 Å². The molecule has 3 aromatic carbocycles. The number of nitrogens with zero attached hydrogens (tertiary/aromatic N) is 1. The Kier molecular flexibility index (Phi) is 4.75. The lowest BCUT2D eigenvalue weighted by Gasteiger charge is -2.10. The number of benzene rings is 3. The molecule has 27 heavy (non-hydrogen) atoms. The van der Waals surface area contributed by atoms with Gasteiger partial charge in [-0.25, -0.2) is 0 Å². The highest BCUT2D eigenvalue weighted by atomic mass is 16.5. The molecule has 0 atom stereocenters. The number of rotatable bonds is 6. The summed E-state index contributed by atoms with van der Waals surface area (Å²) in [5.41, 5.74) is 3.60. The normalized spacial score (nSPS) is 10.9. The summed E-state index contributed by atoms with van der Waals surface area (Å²) in [7, 11) is 0. The summed E-state index contributed by atoms with van der Waals surface area (Å²) < 4.78 is 8.04. The zero-order valence-corrected chi connectivity index (χ0v) is 15.3. The van der Waals surface area contributed by atoms with E-state index in [2.05, 4.69) is 4.57 Å². The van der Waals surface area contributed by atoms with Crippen LogP contribution in [0, 0.1) is 6.92 Å². The third-order valence-electron chi connectivity index (χ3n) is 4.75. The van der Waals surface area contributed by atoms with Crippen molar-refractivity contribution in [2.45, 2.75) is 13.5 Å². The summed E-state index contributed by atoms with van der Waals surface area (Å²) in [6, 6.07) is 25.4. The highest BCUT2D eigenvalue weighted by Crippen LogP contribution is 2.24. The molecular formula is C24H21NO2. The van der Waals surface area contributed by atoms with E-state index in [1.165, 1.54) is 0 Å². The van der Waals surface area contributed by atoms with Gasteiger partial charge in [0, 0.05) is 28.2 Å². The van der Waals surface area contributed by atoms with Crippen LogP contribution in [0.4, 0.5) is 0 Å². The second kappa shape index (κ2) is 7.50. The van der Waals surface area contributed by atoms with Crippen LogP contribution in [0.15, 0.2) is 85.1 Å². The summed E-state index contributed by atoms with van der Waals surface area (Å²) in [5, 5.41) is 0.974. The van der Waals surface area contributed by atoms with Crippen LogP contribution < -0.4 is 4.74 Å². The molecule has 0 spiro atoms. The van der Waals surface area contributed by atoms with Gasteiger partial charge >= 0.3 is 0 Å². The number of aromatic nitrogens is 1. The van der Waals surface area contributed by atoms with Gasteiger partial charge in [-0.1, -0.05) is 66.7 Å². The van der Waals surface area contributed by atoms with Gasteiger partial charge < -0.3 is 9.30 Å². The van der Waals surface area contributed by atoms with E-state index >= 15 is 0 Å². The lowest BCUT2D eigenvalue weighted by molar-refractivity contribution is 0.104. The SMILES string of the molecule is Cc1ccccc1OCCn1cc(C(=O)c2ccccc2)c2ccccc21. The molecule has 0 saturated heterocycles. The van der Waals surface area contributed by atoms with E-state index in [9.17, 15) is 4.79 Å². The molecule has 3 heteroatoms. The molecule has 4 aromatic rings. The summed E-state index contributed by atoms with van der Waals surface area (Å²) in [6.07, 6.45) is 1.95. The van der Waals surface area contributed by atoms with Crippen LogP contribution in [0.25, 0.3) is 10.9 Å². The first-order valence-corrected chi connectivity index (χ1v) is 9.10. The van der Waals surface area contributed by atoms with Crippen LogP contribution >= 0.6 is 0 Å². The quantitative estimate of drug-likeness (QED) is 0.442. The number of hydrogen-bond acceptors (Lipinski definition) is 2. The van der Waals surface area contributed by atoms with E-state index in [0.717, 1.165) is 27.8 Å². The van der Waals surface area contributed by atoms with E-state index in [1.54, 1.807) is 0 Å². The Labute approximate surface area is 158 Å². The Morgan fingerprint density at radius 2 is 1.59 bits per heavy atom. The van der Waals surface area contributed by atoms with Gasteiger partial charge in [0.1, 0.15) is 12.4 Å². The Balaban J connectivity index is 1.60. The molecule has 0 N–H and O–H groups in total. The van der Waals surface area contributed by atoms with E-state index < -0.39 is 0 Å². The van der Waals surface area contributed by atoms with Gasteiger partial charge in [0.25, 0.3) is 0 Å². The fourth-order valence-electron chi connectivity index (χ4n) is 3.33. The maximum atomic E-state index is 13.0. The highest BCUT2D eigenvalue weighted by molar-refractivity contribution is 6.16. The Hall–Kier alpha value is -3.33. The summed E-state index contributed by atoms with van der Waals surface area (Å²) in [5.74, 6) is 0.944. The van der Waals surface area contributed by atoms with Crippen LogP contribution in [0.3, 0.4) is 0 Å². The van der Waals surface area contributed by atoms with Gasteiger partial charge in [-0.3, -0.25) is 4.79 Å². The second-order valence-electron chi connectivity index (χ2n) is 6.56. The van der Waals surface area contributed by atoms with Crippen molar-refractivity contribution in [3.8, 4) is 5.75 Å². The topological polar surface area (TPSA) is 31.2 Å². The first-order valence-electron chi connectivity index (χ1n) is 9.10. The number of carbonyl (C=O) groups excluding carboxylic acids is 1. The van der Waals surface area contributed by atoms with E-state index in [0.29, 0.717) is 18.7 Å². The van der Waals surface area contributed by atoms with Gasteiger partial charge in [0.2, 0.25) is 0 Å². The van der Waals surface area contributed by atoms with Crippen molar-refractivity contribution in [2.24, 2.45) is 0 Å². The minimum absolute atomic E-state index is 0.0466. The molecule has 134 valence electrons. The van der Waals surface area contributed by atoms with Gasteiger partial charge in [-0.2, -0.15) is 0 Å². The van der Waals surface area contributed by atoms with E-state index in [1.807, 2.05) is 92.0 Å². The van der Waals surface area contributed by atoms with Crippen molar-refractivity contribution in [2.75, 3.05) is 6.61 Å². The predicted octanol–water partition coefficient (Wildman–Crippen LogP) is 5.26. The molecule has 1 heterocycles. The molecule has 1 aromatic heterocycles. The predicted molar refractivity (Wildman–Crippen MR) is 108 cm³/mol. The molecule has 0 aliphatic carbocycles. The molecule has 0 aliphatic rings. The number of fused-ring (bicyclic) bond motifs is 1. The molecule has 3 nitrogen and oxygen atoms in total. The standard InChI is InChI=1S/C24H21NO2/c1-18-9-5-8-14-23(18)27-16-15-25-17-21(20-12-6-7-13-22(20)25)24(26)19-10-3-2-4-11-19/h2-14,17H,15-16H2,1H3. The molecular weight excluding hydrogens is 334 g/mol. The zero-order valence-electron chi connectivity index (χ0n) is 15.3. The van der Waals surface area contributed by atoms with Crippen molar-refractivity contribution in [3.63, 3.8) is 0 Å². The largest absolute Gasteiger partial charge is 0.491 e. The van der Waals surface area contributed by atoms with Crippen LogP contribution in [-0.4, -0.2) is 17.0 Å². The molecule has 0 saturated carbocycles. The maximum Gasteiger partial charge on any atom is 0.195 e. The van der Waals surface area contributed by atoms with E-state index in [4.69, 9.17) is 4.74 Å². The molecule has 0 bridgehead atoms.